The van der Waals surface area contributed by atoms with Crippen molar-refractivity contribution in [1.29, 1.82) is 0 Å². The third-order valence-electron chi connectivity index (χ3n) is 7.27. The Hall–Kier alpha value is -2.43. The zero-order valence-corrected chi connectivity index (χ0v) is 25.1. The first-order valence-corrected chi connectivity index (χ1v) is 14.7. The first-order chi connectivity index (χ1) is 17.0. The molecule has 36 heavy (non-hydrogen) atoms. The molecule has 0 bridgehead atoms. The van der Waals surface area contributed by atoms with Gasteiger partial charge >= 0.3 is 0 Å². The number of aryl methyl sites for hydroxylation is 5. The molecule has 190 valence electrons. The number of hydrogen-bond acceptors (Lipinski definition) is 4. The fraction of sp³-hybridized carbons (Fsp3) is 0.406. The predicted molar refractivity (Wildman–Crippen MR) is 160 cm³/mol. The lowest BCUT2D eigenvalue weighted by molar-refractivity contribution is 0.816. The molecule has 4 heteroatoms. The number of nitrogens with one attached hydrogen (secondary N) is 1. The van der Waals surface area contributed by atoms with E-state index in [9.17, 15) is 0 Å². The van der Waals surface area contributed by atoms with Crippen molar-refractivity contribution in [1.82, 2.24) is 4.98 Å². The molecule has 2 aromatic carbocycles. The van der Waals surface area contributed by atoms with E-state index in [1.165, 1.54) is 59.9 Å². The predicted octanol–water partition coefficient (Wildman–Crippen LogP) is 10.2. The molecule has 1 unspecified atom stereocenters. The highest BCUT2D eigenvalue weighted by molar-refractivity contribution is 7.12. The van der Waals surface area contributed by atoms with Crippen LogP contribution in [-0.4, -0.2) is 4.98 Å². The van der Waals surface area contributed by atoms with E-state index in [1.54, 1.807) is 11.3 Å². The second-order valence-corrected chi connectivity index (χ2v) is 13.1. The van der Waals surface area contributed by atoms with Crippen LogP contribution in [0.25, 0.3) is 11.3 Å². The number of anilines is 1. The van der Waals surface area contributed by atoms with Crippen molar-refractivity contribution in [3.8, 4) is 11.3 Å². The van der Waals surface area contributed by atoms with Gasteiger partial charge in [0, 0.05) is 26.4 Å². The molecular weight excluding hydrogens is 477 g/mol. The Balaban J connectivity index is 1.92. The highest BCUT2D eigenvalue weighted by Gasteiger charge is 2.26. The van der Waals surface area contributed by atoms with Gasteiger partial charge in [0.15, 0.2) is 0 Å². The highest BCUT2D eigenvalue weighted by Crippen LogP contribution is 2.41. The van der Waals surface area contributed by atoms with Crippen molar-refractivity contribution in [2.75, 3.05) is 5.32 Å². The molecule has 0 aliphatic heterocycles. The van der Waals surface area contributed by atoms with Crippen LogP contribution in [0.3, 0.4) is 0 Å². The molecule has 0 saturated carbocycles. The van der Waals surface area contributed by atoms with E-state index >= 15 is 0 Å². The minimum atomic E-state index is -0.0119. The fourth-order valence-electron chi connectivity index (χ4n) is 5.47. The Morgan fingerprint density at radius 2 is 1.39 bits per heavy atom. The van der Waals surface area contributed by atoms with Crippen LogP contribution in [-0.2, 0) is 0 Å². The normalized spacial score (nSPS) is 12.6. The molecule has 2 aromatic heterocycles. The van der Waals surface area contributed by atoms with Gasteiger partial charge < -0.3 is 5.32 Å². The Morgan fingerprint density at radius 3 is 1.89 bits per heavy atom. The molecule has 0 aliphatic rings. The summed E-state index contributed by atoms with van der Waals surface area (Å²) in [5.74, 6) is 0.857. The number of benzene rings is 2. The topological polar surface area (TPSA) is 24.9 Å². The maximum atomic E-state index is 5.30. The number of hydrogen-bond donors (Lipinski definition) is 1. The molecule has 0 spiro atoms. The molecule has 4 rings (SSSR count). The SMILES string of the molecule is Cc1cc(C)c(C(Nc2c(C(C)C)cccc2C(C)C)c2nc(-c3c(C)sc(C)c3C)cs2)c(C)c1. The van der Waals surface area contributed by atoms with Crippen molar-refractivity contribution in [3.05, 3.63) is 89.4 Å². The third-order valence-corrected chi connectivity index (χ3v) is 9.31. The van der Waals surface area contributed by atoms with Crippen molar-refractivity contribution < 1.29 is 0 Å². The van der Waals surface area contributed by atoms with Gasteiger partial charge in [0.2, 0.25) is 0 Å². The zero-order chi connectivity index (χ0) is 26.3. The summed E-state index contributed by atoms with van der Waals surface area (Å²) in [7, 11) is 0. The molecule has 2 nitrogen and oxygen atoms in total. The Kier molecular flexibility index (Phi) is 7.78. The number of thiazole rings is 1. The molecule has 1 atom stereocenters. The molecule has 0 saturated heterocycles. The summed E-state index contributed by atoms with van der Waals surface area (Å²) >= 11 is 3.65. The summed E-state index contributed by atoms with van der Waals surface area (Å²) in [6.07, 6.45) is 0. The molecule has 2 heterocycles. The Morgan fingerprint density at radius 1 is 0.806 bits per heavy atom. The van der Waals surface area contributed by atoms with Gasteiger partial charge in [0.25, 0.3) is 0 Å². The third kappa shape index (κ3) is 5.03. The van der Waals surface area contributed by atoms with E-state index < -0.39 is 0 Å². The number of rotatable bonds is 7. The zero-order valence-electron chi connectivity index (χ0n) is 23.5. The summed E-state index contributed by atoms with van der Waals surface area (Å²) in [6, 6.07) is 11.4. The molecule has 0 amide bonds. The summed E-state index contributed by atoms with van der Waals surface area (Å²) in [6.45, 7) is 22.5. The monoisotopic (exact) mass is 516 g/mol. The van der Waals surface area contributed by atoms with E-state index in [2.05, 4.69) is 110 Å². The molecule has 0 fully saturated rings. The van der Waals surface area contributed by atoms with Crippen LogP contribution in [0.15, 0.2) is 35.7 Å². The van der Waals surface area contributed by atoms with Crippen molar-refractivity contribution in [2.24, 2.45) is 0 Å². The number of thiophene rings is 1. The van der Waals surface area contributed by atoms with Gasteiger partial charge in [-0.05, 0) is 86.8 Å². The smallest absolute Gasteiger partial charge is 0.120 e. The maximum absolute atomic E-state index is 5.30. The number of para-hydroxylation sites is 1. The van der Waals surface area contributed by atoms with Crippen LogP contribution in [0.5, 0.6) is 0 Å². The maximum Gasteiger partial charge on any atom is 0.120 e. The molecular formula is C32H40N2S2. The van der Waals surface area contributed by atoms with E-state index in [4.69, 9.17) is 4.98 Å². The molecule has 4 aromatic rings. The van der Waals surface area contributed by atoms with Gasteiger partial charge in [-0.1, -0.05) is 63.6 Å². The van der Waals surface area contributed by atoms with Crippen LogP contribution in [0.4, 0.5) is 5.69 Å². The minimum absolute atomic E-state index is 0.0119. The first-order valence-electron chi connectivity index (χ1n) is 13.0. The van der Waals surface area contributed by atoms with E-state index in [0.717, 1.165) is 10.7 Å². The van der Waals surface area contributed by atoms with Crippen molar-refractivity contribution in [3.63, 3.8) is 0 Å². The van der Waals surface area contributed by atoms with Gasteiger partial charge in [-0.2, -0.15) is 0 Å². The van der Waals surface area contributed by atoms with Crippen LogP contribution >= 0.6 is 22.7 Å². The Labute approximate surface area is 225 Å². The first kappa shape index (κ1) is 26.6. The largest absolute Gasteiger partial charge is 0.372 e. The van der Waals surface area contributed by atoms with E-state index in [-0.39, 0.29) is 6.04 Å². The average molecular weight is 517 g/mol. The molecule has 1 N–H and O–H groups in total. The van der Waals surface area contributed by atoms with Gasteiger partial charge in [0.05, 0.1) is 5.69 Å². The van der Waals surface area contributed by atoms with Crippen molar-refractivity contribution in [2.45, 2.75) is 87.1 Å². The lowest BCUT2D eigenvalue weighted by Gasteiger charge is -2.28. The minimum Gasteiger partial charge on any atom is -0.372 e. The fourth-order valence-corrected chi connectivity index (χ4v) is 7.41. The van der Waals surface area contributed by atoms with Gasteiger partial charge in [-0.15, -0.1) is 22.7 Å². The lowest BCUT2D eigenvalue weighted by atomic mass is 9.90. The summed E-state index contributed by atoms with van der Waals surface area (Å²) in [5, 5.41) is 7.44. The number of aromatic nitrogens is 1. The van der Waals surface area contributed by atoms with Crippen LogP contribution < -0.4 is 5.32 Å². The Bertz CT molecular complexity index is 1340. The lowest BCUT2D eigenvalue weighted by Crippen LogP contribution is -2.18. The van der Waals surface area contributed by atoms with E-state index in [0.29, 0.717) is 11.8 Å². The molecule has 0 aliphatic carbocycles. The van der Waals surface area contributed by atoms with Crippen LogP contribution in [0.2, 0.25) is 0 Å². The van der Waals surface area contributed by atoms with Crippen molar-refractivity contribution >= 4 is 28.4 Å². The summed E-state index contributed by atoms with van der Waals surface area (Å²) in [4.78, 5) is 8.03. The van der Waals surface area contributed by atoms with Gasteiger partial charge in [-0.3, -0.25) is 0 Å². The second kappa shape index (κ2) is 10.5. The quantitative estimate of drug-likeness (QED) is 0.264. The van der Waals surface area contributed by atoms with Crippen LogP contribution in [0, 0.1) is 41.5 Å². The van der Waals surface area contributed by atoms with Crippen LogP contribution in [0.1, 0.15) is 99.3 Å². The standard InChI is InChI=1S/C32H40N2S2/c1-17(2)25-12-11-13-26(18(3)4)30(25)34-31(28-20(6)14-19(5)15-21(28)7)32-33-27(16-35-32)29-22(8)23(9)36-24(29)10/h11-18,31,34H,1-10H3. The average Bonchev–Trinajstić information content (AvgIpc) is 3.35. The second-order valence-electron chi connectivity index (χ2n) is 10.8. The summed E-state index contributed by atoms with van der Waals surface area (Å²) < 4.78 is 0. The highest BCUT2D eigenvalue weighted by atomic mass is 32.1. The molecule has 0 radical (unpaired) electrons. The summed E-state index contributed by atoms with van der Waals surface area (Å²) in [5.41, 5.74) is 13.0. The van der Waals surface area contributed by atoms with E-state index in [1.807, 2.05) is 11.3 Å². The van der Waals surface area contributed by atoms with Gasteiger partial charge in [-0.25, -0.2) is 4.98 Å². The van der Waals surface area contributed by atoms with Gasteiger partial charge in [0.1, 0.15) is 11.0 Å². The number of nitrogens with zero attached hydrogens (tertiary/aromatic N) is 1.